The molecule has 0 radical (unpaired) electrons. The smallest absolute Gasteiger partial charge is 0.266 e. The standard InChI is InChI=1S/C22H12Cl2N2O3S/c23-12-7-8-14(16(24)10-12)20-25-21-18(19(27)15-5-1-2-6-17(15)30-21)22(28)26(20)11-13-4-3-9-29-13/h1-10H,11H2. The van der Waals surface area contributed by atoms with E-state index in [2.05, 4.69) is 0 Å². The molecule has 0 atom stereocenters. The first-order chi connectivity index (χ1) is 14.5. The lowest BCUT2D eigenvalue weighted by atomic mass is 10.2. The molecule has 148 valence electrons. The first kappa shape index (κ1) is 19.1. The second-order valence-corrected chi connectivity index (χ2v) is 8.51. The Bertz CT molecular complexity index is 1540. The van der Waals surface area contributed by atoms with E-state index in [1.54, 1.807) is 42.5 Å². The lowest BCUT2D eigenvalue weighted by Gasteiger charge is -2.14. The highest BCUT2D eigenvalue weighted by molar-refractivity contribution is 7.24. The molecule has 3 aromatic heterocycles. The van der Waals surface area contributed by atoms with E-state index in [0.29, 0.717) is 37.4 Å². The monoisotopic (exact) mass is 454 g/mol. The maximum atomic E-state index is 13.5. The quantitative estimate of drug-likeness (QED) is 0.333. The lowest BCUT2D eigenvalue weighted by molar-refractivity contribution is 0.490. The van der Waals surface area contributed by atoms with Crippen molar-refractivity contribution in [1.82, 2.24) is 9.55 Å². The van der Waals surface area contributed by atoms with Gasteiger partial charge in [-0.15, -0.1) is 11.3 Å². The molecule has 5 rings (SSSR count). The molecular weight excluding hydrogens is 443 g/mol. The van der Waals surface area contributed by atoms with Gasteiger partial charge in [0.1, 0.15) is 21.8 Å². The zero-order chi connectivity index (χ0) is 20.8. The van der Waals surface area contributed by atoms with Gasteiger partial charge in [-0.3, -0.25) is 14.2 Å². The average molecular weight is 455 g/mol. The summed E-state index contributed by atoms with van der Waals surface area (Å²) in [6.45, 7) is 0.111. The van der Waals surface area contributed by atoms with Gasteiger partial charge >= 0.3 is 0 Å². The second-order valence-electron chi connectivity index (χ2n) is 6.64. The van der Waals surface area contributed by atoms with Crippen LogP contribution in [-0.4, -0.2) is 9.55 Å². The molecule has 0 bridgehead atoms. The van der Waals surface area contributed by atoms with E-state index in [-0.39, 0.29) is 17.4 Å². The van der Waals surface area contributed by atoms with E-state index >= 15 is 0 Å². The van der Waals surface area contributed by atoms with Gasteiger partial charge in [0, 0.05) is 20.7 Å². The van der Waals surface area contributed by atoms with Crippen molar-refractivity contribution in [2.24, 2.45) is 0 Å². The highest BCUT2D eigenvalue weighted by Crippen LogP contribution is 2.31. The molecule has 0 saturated carbocycles. The predicted octanol–water partition coefficient (Wildman–Crippen LogP) is 5.59. The molecular formula is C22H12Cl2N2O3S. The molecule has 2 aromatic carbocycles. The first-order valence-corrected chi connectivity index (χ1v) is 10.5. The summed E-state index contributed by atoms with van der Waals surface area (Å²) in [6.07, 6.45) is 1.53. The SMILES string of the molecule is O=c1c2ccccc2sc2nc(-c3ccc(Cl)cc3Cl)n(Cc3ccco3)c(=O)c12. The Morgan fingerprint density at radius 3 is 2.63 bits per heavy atom. The van der Waals surface area contributed by atoms with Crippen LogP contribution in [0, 0.1) is 0 Å². The Morgan fingerprint density at radius 2 is 1.87 bits per heavy atom. The van der Waals surface area contributed by atoms with Crippen molar-refractivity contribution in [2.75, 3.05) is 0 Å². The van der Waals surface area contributed by atoms with Gasteiger partial charge in [0.15, 0.2) is 0 Å². The Kier molecular flexibility index (Phi) is 4.70. The summed E-state index contributed by atoms with van der Waals surface area (Å²) in [4.78, 5) is 31.7. The molecule has 3 heterocycles. The predicted molar refractivity (Wildman–Crippen MR) is 121 cm³/mol. The fourth-order valence-corrected chi connectivity index (χ4v) is 4.90. The van der Waals surface area contributed by atoms with E-state index in [9.17, 15) is 9.59 Å². The number of hydrogen-bond donors (Lipinski definition) is 0. The minimum absolute atomic E-state index is 0.0547. The van der Waals surface area contributed by atoms with E-state index in [4.69, 9.17) is 32.6 Å². The molecule has 0 aliphatic rings. The van der Waals surface area contributed by atoms with Crippen molar-refractivity contribution in [1.29, 1.82) is 0 Å². The molecule has 8 heteroatoms. The van der Waals surface area contributed by atoms with Crippen LogP contribution in [0.5, 0.6) is 0 Å². The summed E-state index contributed by atoms with van der Waals surface area (Å²) in [7, 11) is 0. The van der Waals surface area contributed by atoms with Crippen LogP contribution in [0.15, 0.2) is 74.9 Å². The Morgan fingerprint density at radius 1 is 1.03 bits per heavy atom. The van der Waals surface area contributed by atoms with Crippen LogP contribution in [0.4, 0.5) is 0 Å². The van der Waals surface area contributed by atoms with E-state index < -0.39 is 5.56 Å². The number of aromatic nitrogens is 2. The minimum Gasteiger partial charge on any atom is -0.467 e. The fourth-order valence-electron chi connectivity index (χ4n) is 3.37. The molecule has 0 N–H and O–H groups in total. The first-order valence-electron chi connectivity index (χ1n) is 8.97. The van der Waals surface area contributed by atoms with Crippen LogP contribution < -0.4 is 11.0 Å². The van der Waals surface area contributed by atoms with Crippen LogP contribution in [-0.2, 0) is 6.54 Å². The molecule has 0 fully saturated rings. The normalized spacial score (nSPS) is 11.4. The Balaban J connectivity index is 1.90. The molecule has 0 spiro atoms. The summed E-state index contributed by atoms with van der Waals surface area (Å²) in [6, 6.07) is 15.6. The number of halogens is 2. The molecule has 0 unspecified atom stereocenters. The maximum absolute atomic E-state index is 13.5. The van der Waals surface area contributed by atoms with Crippen molar-refractivity contribution < 1.29 is 4.42 Å². The molecule has 0 aliphatic carbocycles. The van der Waals surface area contributed by atoms with Crippen molar-refractivity contribution in [2.45, 2.75) is 6.54 Å². The summed E-state index contributed by atoms with van der Waals surface area (Å²) >= 11 is 13.8. The van der Waals surface area contributed by atoms with Crippen LogP contribution in [0.25, 0.3) is 31.7 Å². The van der Waals surface area contributed by atoms with Gasteiger partial charge in [0.2, 0.25) is 5.43 Å². The molecule has 0 aliphatic heterocycles. The molecule has 0 saturated heterocycles. The van der Waals surface area contributed by atoms with E-state index in [1.165, 1.54) is 22.2 Å². The van der Waals surface area contributed by atoms with Crippen LogP contribution in [0.1, 0.15) is 5.76 Å². The molecule has 0 amide bonds. The number of benzene rings is 2. The third kappa shape index (κ3) is 3.13. The summed E-state index contributed by atoms with van der Waals surface area (Å²) in [5.41, 5.74) is -0.234. The van der Waals surface area contributed by atoms with Crippen LogP contribution in [0.2, 0.25) is 10.0 Å². The Hall–Kier alpha value is -2.93. The number of furan rings is 1. The third-order valence-electron chi connectivity index (χ3n) is 4.77. The average Bonchev–Trinajstić information content (AvgIpc) is 3.23. The highest BCUT2D eigenvalue weighted by Gasteiger charge is 2.20. The molecule has 5 nitrogen and oxygen atoms in total. The molecule has 5 aromatic rings. The van der Waals surface area contributed by atoms with Gasteiger partial charge in [-0.05, 0) is 42.5 Å². The van der Waals surface area contributed by atoms with Crippen molar-refractivity contribution in [3.63, 3.8) is 0 Å². The zero-order valence-corrected chi connectivity index (χ0v) is 17.6. The van der Waals surface area contributed by atoms with Gasteiger partial charge in [0.05, 0.1) is 17.8 Å². The van der Waals surface area contributed by atoms with E-state index in [0.717, 1.165) is 4.70 Å². The zero-order valence-electron chi connectivity index (χ0n) is 15.3. The number of hydrogen-bond acceptors (Lipinski definition) is 5. The third-order valence-corrected chi connectivity index (χ3v) is 6.38. The highest BCUT2D eigenvalue weighted by atomic mass is 35.5. The second kappa shape index (κ2) is 7.40. The fraction of sp³-hybridized carbons (Fsp3) is 0.0455. The summed E-state index contributed by atoms with van der Waals surface area (Å²) in [5.74, 6) is 0.901. The number of nitrogens with zero attached hydrogens (tertiary/aromatic N) is 2. The van der Waals surface area contributed by atoms with Crippen molar-refractivity contribution in [3.05, 3.63) is 97.2 Å². The van der Waals surface area contributed by atoms with Crippen molar-refractivity contribution >= 4 is 54.8 Å². The topological polar surface area (TPSA) is 65.1 Å². The van der Waals surface area contributed by atoms with Crippen molar-refractivity contribution in [3.8, 4) is 11.4 Å². The maximum Gasteiger partial charge on any atom is 0.266 e. The van der Waals surface area contributed by atoms with Crippen LogP contribution in [0.3, 0.4) is 0 Å². The van der Waals surface area contributed by atoms with Gasteiger partial charge in [-0.25, -0.2) is 4.98 Å². The summed E-state index contributed by atoms with van der Waals surface area (Å²) < 4.78 is 7.61. The van der Waals surface area contributed by atoms with Crippen LogP contribution >= 0.6 is 34.5 Å². The number of rotatable bonds is 3. The van der Waals surface area contributed by atoms with Gasteiger partial charge < -0.3 is 4.42 Å². The van der Waals surface area contributed by atoms with Gasteiger partial charge in [-0.1, -0.05) is 35.3 Å². The number of fused-ring (bicyclic) bond motifs is 2. The largest absolute Gasteiger partial charge is 0.467 e. The van der Waals surface area contributed by atoms with E-state index in [1.807, 2.05) is 12.1 Å². The molecule has 30 heavy (non-hydrogen) atoms. The summed E-state index contributed by atoms with van der Waals surface area (Å²) in [5, 5.41) is 1.38. The van der Waals surface area contributed by atoms with Gasteiger partial charge in [-0.2, -0.15) is 0 Å². The van der Waals surface area contributed by atoms with Gasteiger partial charge in [0.25, 0.3) is 5.56 Å². The minimum atomic E-state index is -0.440. The lowest BCUT2D eigenvalue weighted by Crippen LogP contribution is -2.27. The Labute approximate surface area is 183 Å².